The Balaban J connectivity index is 2.60. The average Bonchev–Trinajstić information content (AvgIpc) is 2.75. The number of benzene rings is 1. The lowest BCUT2D eigenvalue weighted by Crippen LogP contribution is -2.24. The van der Waals surface area contributed by atoms with E-state index < -0.39 is 0 Å². The molecule has 0 amide bonds. The number of hydrogen-bond donors (Lipinski definition) is 1. The molecule has 0 bridgehead atoms. The molecule has 16 heavy (non-hydrogen) atoms. The van der Waals surface area contributed by atoms with Crippen molar-refractivity contribution in [1.29, 1.82) is 0 Å². The molecule has 0 spiro atoms. The first-order chi connectivity index (χ1) is 7.60. The number of fused-ring (bicyclic) bond motifs is 1. The molecule has 0 atom stereocenters. The highest BCUT2D eigenvalue weighted by Crippen LogP contribution is 2.38. The van der Waals surface area contributed by atoms with Crippen LogP contribution in [0.15, 0.2) is 12.1 Å². The van der Waals surface area contributed by atoms with Crippen LogP contribution in [0.3, 0.4) is 0 Å². The van der Waals surface area contributed by atoms with Gasteiger partial charge in [-0.25, -0.2) is 0 Å². The van der Waals surface area contributed by atoms with Gasteiger partial charge in [0.15, 0.2) is 0 Å². The Bertz CT molecular complexity index is 396. The molecule has 88 valence electrons. The van der Waals surface area contributed by atoms with Gasteiger partial charge >= 0.3 is 0 Å². The lowest BCUT2D eigenvalue weighted by Gasteiger charge is -2.27. The Morgan fingerprint density at radius 1 is 1.38 bits per heavy atom. The molecule has 0 aliphatic carbocycles. The molecule has 2 rings (SSSR count). The van der Waals surface area contributed by atoms with Crippen LogP contribution >= 0.6 is 0 Å². The number of methoxy groups -OCH3 is 1. The van der Waals surface area contributed by atoms with Gasteiger partial charge in [-0.1, -0.05) is 19.9 Å². The first kappa shape index (κ1) is 11.4. The number of ether oxygens (including phenoxy) is 2. The SMILES string of the molecule is COc1ccc2c(c1C(C)(C)CO)COC2. The molecule has 3 nitrogen and oxygen atoms in total. The molecule has 0 radical (unpaired) electrons. The molecule has 0 aromatic heterocycles. The van der Waals surface area contributed by atoms with Gasteiger partial charge in [-0.05, 0) is 17.2 Å². The number of aliphatic hydroxyl groups is 1. The minimum atomic E-state index is -0.301. The molecule has 0 unspecified atom stereocenters. The van der Waals surface area contributed by atoms with Gasteiger partial charge in [-0.3, -0.25) is 0 Å². The molecule has 3 heteroatoms. The fraction of sp³-hybridized carbons (Fsp3) is 0.538. The monoisotopic (exact) mass is 222 g/mol. The van der Waals surface area contributed by atoms with E-state index in [1.165, 1.54) is 11.1 Å². The van der Waals surface area contributed by atoms with Gasteiger partial charge in [-0.15, -0.1) is 0 Å². The summed E-state index contributed by atoms with van der Waals surface area (Å²) in [5.74, 6) is 0.836. The van der Waals surface area contributed by atoms with E-state index in [2.05, 4.69) is 0 Å². The van der Waals surface area contributed by atoms with Crippen molar-refractivity contribution in [3.05, 3.63) is 28.8 Å². The van der Waals surface area contributed by atoms with E-state index in [1.807, 2.05) is 26.0 Å². The summed E-state index contributed by atoms with van der Waals surface area (Å²) in [5.41, 5.74) is 3.16. The second kappa shape index (κ2) is 4.07. The van der Waals surface area contributed by atoms with Crippen molar-refractivity contribution in [1.82, 2.24) is 0 Å². The molecule has 1 aliphatic heterocycles. The highest BCUT2D eigenvalue weighted by molar-refractivity contribution is 5.50. The maximum Gasteiger partial charge on any atom is 0.123 e. The third kappa shape index (κ3) is 1.70. The van der Waals surface area contributed by atoms with Crippen LogP contribution in [0.4, 0.5) is 0 Å². The smallest absolute Gasteiger partial charge is 0.123 e. The predicted molar refractivity (Wildman–Crippen MR) is 61.6 cm³/mol. The summed E-state index contributed by atoms with van der Waals surface area (Å²) in [4.78, 5) is 0. The van der Waals surface area contributed by atoms with Gasteiger partial charge in [0.25, 0.3) is 0 Å². The van der Waals surface area contributed by atoms with Gasteiger partial charge in [-0.2, -0.15) is 0 Å². The molecular weight excluding hydrogens is 204 g/mol. The van der Waals surface area contributed by atoms with Crippen LogP contribution in [0.5, 0.6) is 5.75 Å². The Labute approximate surface area is 96.0 Å². The molecule has 1 N–H and O–H groups in total. The quantitative estimate of drug-likeness (QED) is 0.850. The molecule has 0 fully saturated rings. The second-order valence-electron chi connectivity index (χ2n) is 4.82. The first-order valence-corrected chi connectivity index (χ1v) is 5.48. The third-order valence-electron chi connectivity index (χ3n) is 3.17. The van der Waals surface area contributed by atoms with E-state index in [0.717, 1.165) is 11.3 Å². The van der Waals surface area contributed by atoms with Crippen molar-refractivity contribution < 1.29 is 14.6 Å². The lowest BCUT2D eigenvalue weighted by molar-refractivity contribution is 0.133. The second-order valence-corrected chi connectivity index (χ2v) is 4.82. The molecule has 1 heterocycles. The van der Waals surface area contributed by atoms with E-state index in [1.54, 1.807) is 7.11 Å². The van der Waals surface area contributed by atoms with Gasteiger partial charge in [0.2, 0.25) is 0 Å². The fourth-order valence-corrected chi connectivity index (χ4v) is 2.22. The van der Waals surface area contributed by atoms with Crippen molar-refractivity contribution >= 4 is 0 Å². The molecule has 1 aromatic carbocycles. The summed E-state index contributed by atoms with van der Waals surface area (Å²) in [6, 6.07) is 4.00. The molecule has 0 saturated heterocycles. The third-order valence-corrected chi connectivity index (χ3v) is 3.17. The minimum Gasteiger partial charge on any atom is -0.496 e. The van der Waals surface area contributed by atoms with Crippen molar-refractivity contribution in [3.63, 3.8) is 0 Å². The molecule has 1 aliphatic rings. The Hall–Kier alpha value is -1.06. The van der Waals surface area contributed by atoms with E-state index in [4.69, 9.17) is 9.47 Å². The molecule has 0 saturated carbocycles. The van der Waals surface area contributed by atoms with E-state index >= 15 is 0 Å². The predicted octanol–water partition coefficient (Wildman–Crippen LogP) is 2.00. The summed E-state index contributed by atoms with van der Waals surface area (Å²) >= 11 is 0. The van der Waals surface area contributed by atoms with Crippen LogP contribution < -0.4 is 4.74 Å². The normalized spacial score (nSPS) is 15.0. The maximum atomic E-state index is 9.50. The molecule has 1 aromatic rings. The number of rotatable bonds is 3. The lowest BCUT2D eigenvalue weighted by atomic mass is 9.81. The highest BCUT2D eigenvalue weighted by Gasteiger charge is 2.30. The van der Waals surface area contributed by atoms with Crippen LogP contribution in [0.1, 0.15) is 30.5 Å². The van der Waals surface area contributed by atoms with Crippen LogP contribution in [-0.4, -0.2) is 18.8 Å². The van der Waals surface area contributed by atoms with Gasteiger partial charge < -0.3 is 14.6 Å². The van der Waals surface area contributed by atoms with Gasteiger partial charge in [0.1, 0.15) is 5.75 Å². The van der Waals surface area contributed by atoms with Crippen LogP contribution in [0.25, 0.3) is 0 Å². The number of hydrogen-bond acceptors (Lipinski definition) is 3. The first-order valence-electron chi connectivity index (χ1n) is 5.48. The zero-order valence-electron chi connectivity index (χ0n) is 10.0. The summed E-state index contributed by atoms with van der Waals surface area (Å²) < 4.78 is 10.8. The van der Waals surface area contributed by atoms with Crippen molar-refractivity contribution in [2.75, 3.05) is 13.7 Å². The van der Waals surface area contributed by atoms with Gasteiger partial charge in [0.05, 0.1) is 26.9 Å². The summed E-state index contributed by atoms with van der Waals surface area (Å²) in [6.07, 6.45) is 0. The van der Waals surface area contributed by atoms with Crippen LogP contribution in [0.2, 0.25) is 0 Å². The van der Waals surface area contributed by atoms with E-state index in [9.17, 15) is 5.11 Å². The van der Waals surface area contributed by atoms with E-state index in [-0.39, 0.29) is 12.0 Å². The molecular formula is C13H18O3. The van der Waals surface area contributed by atoms with Gasteiger partial charge in [0, 0.05) is 11.0 Å². The van der Waals surface area contributed by atoms with Crippen molar-refractivity contribution in [2.45, 2.75) is 32.5 Å². The zero-order valence-corrected chi connectivity index (χ0v) is 10.0. The van der Waals surface area contributed by atoms with Crippen LogP contribution in [-0.2, 0) is 23.4 Å². The Morgan fingerprint density at radius 3 is 2.75 bits per heavy atom. The van der Waals surface area contributed by atoms with Crippen molar-refractivity contribution in [2.24, 2.45) is 0 Å². The standard InChI is InChI=1S/C13H18O3/c1-13(2,8-14)12-10-7-16-6-9(10)4-5-11(12)15-3/h4-5,14H,6-8H2,1-3H3. The highest BCUT2D eigenvalue weighted by atomic mass is 16.5. The van der Waals surface area contributed by atoms with Crippen molar-refractivity contribution in [3.8, 4) is 5.75 Å². The summed E-state index contributed by atoms with van der Waals surface area (Å²) in [6.45, 7) is 5.41. The summed E-state index contributed by atoms with van der Waals surface area (Å²) in [7, 11) is 1.66. The maximum absolute atomic E-state index is 9.50. The fourth-order valence-electron chi connectivity index (χ4n) is 2.22. The Morgan fingerprint density at radius 2 is 2.12 bits per heavy atom. The average molecular weight is 222 g/mol. The number of aliphatic hydroxyl groups excluding tert-OH is 1. The minimum absolute atomic E-state index is 0.0970. The zero-order chi connectivity index (χ0) is 11.8. The van der Waals surface area contributed by atoms with E-state index in [0.29, 0.717) is 13.2 Å². The van der Waals surface area contributed by atoms with Crippen LogP contribution in [0, 0.1) is 0 Å². The largest absolute Gasteiger partial charge is 0.496 e. The summed E-state index contributed by atoms with van der Waals surface area (Å²) in [5, 5.41) is 9.50. The Kier molecular flexibility index (Phi) is 2.91. The topological polar surface area (TPSA) is 38.7 Å².